The molecule has 4 rings (SSSR count). The Kier molecular flexibility index (Phi) is 6.40. The van der Waals surface area contributed by atoms with Crippen molar-refractivity contribution in [2.75, 3.05) is 37.7 Å². The Morgan fingerprint density at radius 2 is 1.97 bits per heavy atom. The Bertz CT molecular complexity index is 991. The van der Waals surface area contributed by atoms with Gasteiger partial charge < -0.3 is 20.3 Å². The Morgan fingerprint density at radius 3 is 2.70 bits per heavy atom. The molecule has 3 aromatic rings. The van der Waals surface area contributed by atoms with Crippen molar-refractivity contribution in [2.24, 2.45) is 5.92 Å². The van der Waals surface area contributed by atoms with Crippen LogP contribution in [0.25, 0.3) is 10.9 Å². The molecule has 0 atom stereocenters. The zero-order valence-corrected chi connectivity index (χ0v) is 17.4. The van der Waals surface area contributed by atoms with E-state index in [4.69, 9.17) is 5.11 Å². The highest BCUT2D eigenvalue weighted by molar-refractivity contribution is 5.96. The SMILES string of the molecule is Cc1[nH]c2ccccc2c1CCNCC1CCN(c2ncc(C(=O)CO)cn2)CC1. The summed E-state index contributed by atoms with van der Waals surface area (Å²) < 4.78 is 0. The van der Waals surface area contributed by atoms with Crippen molar-refractivity contribution in [3.05, 3.63) is 53.5 Å². The average Bonchev–Trinajstić information content (AvgIpc) is 3.11. The van der Waals surface area contributed by atoms with Crippen LogP contribution in [0.2, 0.25) is 0 Å². The number of aromatic nitrogens is 3. The third kappa shape index (κ3) is 4.52. The number of benzene rings is 1. The van der Waals surface area contributed by atoms with E-state index in [2.05, 4.69) is 56.4 Å². The van der Waals surface area contributed by atoms with Gasteiger partial charge in [-0.2, -0.15) is 0 Å². The van der Waals surface area contributed by atoms with Crippen molar-refractivity contribution in [3.8, 4) is 0 Å². The van der Waals surface area contributed by atoms with Gasteiger partial charge in [0, 0.05) is 42.1 Å². The normalized spacial score (nSPS) is 15.1. The number of H-pyrrole nitrogens is 1. The van der Waals surface area contributed by atoms with Gasteiger partial charge in [-0.1, -0.05) is 18.2 Å². The number of anilines is 1. The van der Waals surface area contributed by atoms with Crippen LogP contribution in [0, 0.1) is 12.8 Å². The number of hydrogen-bond donors (Lipinski definition) is 3. The molecule has 2 aromatic heterocycles. The smallest absolute Gasteiger partial charge is 0.225 e. The largest absolute Gasteiger partial charge is 0.388 e. The van der Waals surface area contributed by atoms with E-state index in [1.165, 1.54) is 34.6 Å². The molecule has 3 heterocycles. The molecule has 0 bridgehead atoms. The highest BCUT2D eigenvalue weighted by Gasteiger charge is 2.21. The molecule has 0 radical (unpaired) electrons. The molecule has 1 fully saturated rings. The lowest BCUT2D eigenvalue weighted by atomic mass is 9.97. The van der Waals surface area contributed by atoms with Crippen LogP contribution in [0.3, 0.4) is 0 Å². The van der Waals surface area contributed by atoms with Crippen molar-refractivity contribution in [1.82, 2.24) is 20.3 Å². The number of aliphatic hydroxyl groups is 1. The summed E-state index contributed by atoms with van der Waals surface area (Å²) in [4.78, 5) is 25.7. The molecule has 3 N–H and O–H groups in total. The fourth-order valence-corrected chi connectivity index (χ4v) is 4.23. The second kappa shape index (κ2) is 9.36. The second-order valence-corrected chi connectivity index (χ2v) is 8.01. The van der Waals surface area contributed by atoms with E-state index in [0.717, 1.165) is 45.4 Å². The number of carbonyl (C=O) groups is 1. The number of fused-ring (bicyclic) bond motifs is 1. The van der Waals surface area contributed by atoms with Crippen LogP contribution in [-0.2, 0) is 6.42 Å². The molecule has 0 unspecified atom stereocenters. The third-order valence-electron chi connectivity index (χ3n) is 6.01. The predicted octanol–water partition coefficient (Wildman–Crippen LogP) is 2.49. The molecule has 0 saturated carbocycles. The van der Waals surface area contributed by atoms with Gasteiger partial charge in [-0.15, -0.1) is 0 Å². The summed E-state index contributed by atoms with van der Waals surface area (Å²) in [7, 11) is 0. The molecule has 7 nitrogen and oxygen atoms in total. The number of nitrogens with one attached hydrogen (secondary N) is 2. The zero-order valence-electron chi connectivity index (χ0n) is 17.4. The lowest BCUT2D eigenvalue weighted by Gasteiger charge is -2.32. The highest BCUT2D eigenvalue weighted by atomic mass is 16.3. The molecule has 1 saturated heterocycles. The fraction of sp³-hybridized carbons (Fsp3) is 0.435. The van der Waals surface area contributed by atoms with Gasteiger partial charge >= 0.3 is 0 Å². The number of aryl methyl sites for hydroxylation is 1. The number of ketones is 1. The van der Waals surface area contributed by atoms with Crippen molar-refractivity contribution in [2.45, 2.75) is 26.2 Å². The first-order chi connectivity index (χ1) is 14.7. The van der Waals surface area contributed by atoms with Crippen molar-refractivity contribution >= 4 is 22.6 Å². The first-order valence-electron chi connectivity index (χ1n) is 10.6. The van der Waals surface area contributed by atoms with E-state index < -0.39 is 6.61 Å². The third-order valence-corrected chi connectivity index (χ3v) is 6.01. The summed E-state index contributed by atoms with van der Waals surface area (Å²) in [6.07, 6.45) is 6.23. The van der Waals surface area contributed by atoms with Crippen LogP contribution in [0.15, 0.2) is 36.7 Å². The van der Waals surface area contributed by atoms with Crippen LogP contribution in [0.1, 0.15) is 34.5 Å². The summed E-state index contributed by atoms with van der Waals surface area (Å²) >= 11 is 0. The van der Waals surface area contributed by atoms with Crippen molar-refractivity contribution in [3.63, 3.8) is 0 Å². The molecule has 30 heavy (non-hydrogen) atoms. The lowest BCUT2D eigenvalue weighted by Crippen LogP contribution is -2.38. The lowest BCUT2D eigenvalue weighted by molar-refractivity contribution is 0.0903. The molecule has 1 aromatic carbocycles. The highest BCUT2D eigenvalue weighted by Crippen LogP contribution is 2.23. The molecular formula is C23H29N5O2. The maximum Gasteiger partial charge on any atom is 0.225 e. The predicted molar refractivity (Wildman–Crippen MR) is 118 cm³/mol. The van der Waals surface area contributed by atoms with E-state index in [-0.39, 0.29) is 5.78 Å². The molecule has 0 spiro atoms. The average molecular weight is 408 g/mol. The maximum atomic E-state index is 11.5. The van der Waals surface area contributed by atoms with E-state index in [1.807, 2.05) is 0 Å². The Balaban J connectivity index is 1.21. The van der Waals surface area contributed by atoms with Crippen LogP contribution in [0.4, 0.5) is 5.95 Å². The first kappa shape index (κ1) is 20.5. The summed E-state index contributed by atoms with van der Waals surface area (Å²) in [5, 5.41) is 13.9. The minimum Gasteiger partial charge on any atom is -0.388 e. The Morgan fingerprint density at radius 1 is 1.23 bits per heavy atom. The molecule has 1 aliphatic heterocycles. The summed E-state index contributed by atoms with van der Waals surface area (Å²) in [5.41, 5.74) is 4.24. The topological polar surface area (TPSA) is 94.1 Å². The van der Waals surface area contributed by atoms with Gasteiger partial charge in [-0.05, 0) is 56.8 Å². The fourth-order valence-electron chi connectivity index (χ4n) is 4.23. The van der Waals surface area contributed by atoms with Crippen LogP contribution in [-0.4, -0.2) is 58.6 Å². The van der Waals surface area contributed by atoms with Crippen molar-refractivity contribution < 1.29 is 9.90 Å². The van der Waals surface area contributed by atoms with E-state index in [9.17, 15) is 4.79 Å². The van der Waals surface area contributed by atoms with E-state index in [0.29, 0.717) is 17.4 Å². The summed E-state index contributed by atoms with van der Waals surface area (Å²) in [5.74, 6) is 0.959. The van der Waals surface area contributed by atoms with Gasteiger partial charge in [-0.3, -0.25) is 4.79 Å². The number of piperidine rings is 1. The molecular weight excluding hydrogens is 378 g/mol. The monoisotopic (exact) mass is 407 g/mol. The first-order valence-corrected chi connectivity index (χ1v) is 10.6. The van der Waals surface area contributed by atoms with Gasteiger partial charge in [0.15, 0.2) is 5.78 Å². The molecule has 0 aliphatic carbocycles. The van der Waals surface area contributed by atoms with Gasteiger partial charge in [0.2, 0.25) is 5.95 Å². The molecule has 158 valence electrons. The Labute approximate surface area is 176 Å². The van der Waals surface area contributed by atoms with Crippen LogP contribution >= 0.6 is 0 Å². The number of para-hydroxylation sites is 1. The standard InChI is InChI=1S/C23H29N5O2/c1-16-19(20-4-2-3-5-21(20)27-16)6-9-24-12-17-7-10-28(11-8-17)23-25-13-18(14-26-23)22(30)15-29/h2-5,13-14,17,24,27,29H,6-12,15H2,1H3. The molecule has 7 heteroatoms. The summed E-state index contributed by atoms with van der Waals surface area (Å²) in [6.45, 7) is 5.48. The number of hydrogen-bond acceptors (Lipinski definition) is 6. The number of rotatable bonds is 8. The summed E-state index contributed by atoms with van der Waals surface area (Å²) in [6, 6.07) is 8.50. The minimum absolute atomic E-state index is 0.353. The number of aromatic amines is 1. The maximum absolute atomic E-state index is 11.5. The van der Waals surface area contributed by atoms with Crippen molar-refractivity contribution in [1.29, 1.82) is 0 Å². The molecule has 0 amide bonds. The number of Topliss-reactive ketones (excluding diaryl/α,β-unsaturated/α-hetero) is 1. The van der Waals surface area contributed by atoms with Gasteiger partial charge in [0.05, 0.1) is 5.56 Å². The Hall–Kier alpha value is -2.77. The molecule has 1 aliphatic rings. The van der Waals surface area contributed by atoms with Gasteiger partial charge in [0.1, 0.15) is 6.61 Å². The number of carbonyl (C=O) groups excluding carboxylic acids is 1. The van der Waals surface area contributed by atoms with Crippen LogP contribution < -0.4 is 10.2 Å². The second-order valence-electron chi connectivity index (χ2n) is 8.01. The van der Waals surface area contributed by atoms with E-state index >= 15 is 0 Å². The van der Waals surface area contributed by atoms with Gasteiger partial charge in [-0.25, -0.2) is 9.97 Å². The number of aliphatic hydroxyl groups excluding tert-OH is 1. The quantitative estimate of drug-likeness (QED) is 0.392. The zero-order chi connectivity index (χ0) is 20.9. The minimum atomic E-state index is -0.513. The number of nitrogens with zero attached hydrogens (tertiary/aromatic N) is 3. The van der Waals surface area contributed by atoms with Gasteiger partial charge in [0.25, 0.3) is 0 Å². The van der Waals surface area contributed by atoms with Crippen LogP contribution in [0.5, 0.6) is 0 Å². The van der Waals surface area contributed by atoms with E-state index in [1.54, 1.807) is 0 Å².